The van der Waals surface area contributed by atoms with Crippen LogP contribution in [0.25, 0.3) is 0 Å². The summed E-state index contributed by atoms with van der Waals surface area (Å²) < 4.78 is 0. The van der Waals surface area contributed by atoms with Gasteiger partial charge in [0.25, 0.3) is 0 Å². The fraction of sp³-hybridized carbons (Fsp3) is 0.533. The lowest BCUT2D eigenvalue weighted by atomic mass is 9.86. The molecular weight excluding hydrogens is 226 g/mol. The molecule has 1 N–H and O–H groups in total. The van der Waals surface area contributed by atoms with E-state index >= 15 is 0 Å². The Bertz CT molecular complexity index is 446. The number of hydrogen-bond donors (Lipinski definition) is 1. The van der Waals surface area contributed by atoms with E-state index in [9.17, 15) is 9.90 Å². The first-order valence-corrected chi connectivity index (χ1v) is 6.22. The molecule has 0 aliphatic rings. The summed E-state index contributed by atoms with van der Waals surface area (Å²) >= 11 is 0. The zero-order valence-corrected chi connectivity index (χ0v) is 12.1. The maximum atomic E-state index is 11.3. The van der Waals surface area contributed by atoms with E-state index in [2.05, 4.69) is 32.6 Å². The smallest absolute Gasteiger partial charge is 0.337 e. The summed E-state index contributed by atoms with van der Waals surface area (Å²) in [6, 6.07) is 5.65. The summed E-state index contributed by atoms with van der Waals surface area (Å²) in [7, 11) is 1.96. The lowest BCUT2D eigenvalue weighted by Gasteiger charge is -2.38. The monoisotopic (exact) mass is 249 g/mol. The van der Waals surface area contributed by atoms with Crippen LogP contribution < -0.4 is 4.90 Å². The molecule has 0 aliphatic heterocycles. The Balaban J connectivity index is 3.28. The number of aryl methyl sites for hydroxylation is 1. The van der Waals surface area contributed by atoms with Crippen molar-refractivity contribution in [2.24, 2.45) is 5.41 Å². The lowest BCUT2D eigenvalue weighted by Crippen LogP contribution is -2.40. The molecule has 1 atom stereocenters. The van der Waals surface area contributed by atoms with E-state index in [1.54, 1.807) is 12.1 Å². The minimum atomic E-state index is -0.873. The summed E-state index contributed by atoms with van der Waals surface area (Å²) in [4.78, 5) is 13.4. The van der Waals surface area contributed by atoms with Crippen molar-refractivity contribution < 1.29 is 9.90 Å². The van der Waals surface area contributed by atoms with Crippen LogP contribution in [0.2, 0.25) is 0 Å². The van der Waals surface area contributed by atoms with Crippen molar-refractivity contribution in [3.8, 4) is 0 Å². The first-order chi connectivity index (χ1) is 8.16. The highest BCUT2D eigenvalue weighted by Gasteiger charge is 2.27. The highest BCUT2D eigenvalue weighted by Crippen LogP contribution is 2.31. The molecule has 0 saturated heterocycles. The Morgan fingerprint density at radius 3 is 2.33 bits per heavy atom. The normalized spacial score (nSPS) is 13.2. The van der Waals surface area contributed by atoms with Crippen LogP contribution in [0.15, 0.2) is 18.2 Å². The summed E-state index contributed by atoms with van der Waals surface area (Å²) in [6.07, 6.45) is 0. The van der Waals surface area contributed by atoms with E-state index in [0.717, 1.165) is 11.3 Å². The molecule has 0 aromatic heterocycles. The first-order valence-electron chi connectivity index (χ1n) is 6.22. The van der Waals surface area contributed by atoms with E-state index in [1.165, 1.54) is 0 Å². The van der Waals surface area contributed by atoms with Gasteiger partial charge in [0, 0.05) is 13.1 Å². The van der Waals surface area contributed by atoms with Crippen LogP contribution in [0.5, 0.6) is 0 Å². The summed E-state index contributed by atoms with van der Waals surface area (Å²) in [6.45, 7) is 10.6. The fourth-order valence-corrected chi connectivity index (χ4v) is 2.07. The molecule has 3 nitrogen and oxygen atoms in total. The van der Waals surface area contributed by atoms with Gasteiger partial charge >= 0.3 is 5.97 Å². The lowest BCUT2D eigenvalue weighted by molar-refractivity contribution is 0.0697. The molecule has 18 heavy (non-hydrogen) atoms. The van der Waals surface area contributed by atoms with Gasteiger partial charge in [-0.25, -0.2) is 4.79 Å². The predicted molar refractivity (Wildman–Crippen MR) is 75.5 cm³/mol. The highest BCUT2D eigenvalue weighted by molar-refractivity contribution is 5.95. The molecule has 1 aromatic rings. The van der Waals surface area contributed by atoms with Crippen LogP contribution in [0.3, 0.4) is 0 Å². The first kappa shape index (κ1) is 14.6. The van der Waals surface area contributed by atoms with Gasteiger partial charge in [-0.3, -0.25) is 0 Å². The standard InChI is InChI=1S/C15H23NO2/c1-10-8-7-9-12(14(17)18)13(10)16(6)11(2)15(3,4)5/h7-9,11H,1-6H3,(H,17,18). The summed E-state index contributed by atoms with van der Waals surface area (Å²) in [5, 5.41) is 9.30. The SMILES string of the molecule is Cc1cccc(C(=O)O)c1N(C)C(C)C(C)(C)C. The van der Waals surface area contributed by atoms with Gasteiger partial charge < -0.3 is 10.0 Å². The molecule has 1 unspecified atom stereocenters. The third-order valence-corrected chi connectivity index (χ3v) is 3.66. The minimum absolute atomic E-state index is 0.0901. The van der Waals surface area contributed by atoms with E-state index in [4.69, 9.17) is 0 Å². The molecule has 0 fully saturated rings. The van der Waals surface area contributed by atoms with Crippen LogP contribution >= 0.6 is 0 Å². The fourth-order valence-electron chi connectivity index (χ4n) is 2.07. The topological polar surface area (TPSA) is 40.5 Å². The van der Waals surface area contributed by atoms with Crippen molar-refractivity contribution in [1.29, 1.82) is 0 Å². The van der Waals surface area contributed by atoms with E-state index in [-0.39, 0.29) is 11.5 Å². The Morgan fingerprint density at radius 2 is 1.89 bits per heavy atom. The zero-order chi connectivity index (χ0) is 14.1. The molecule has 100 valence electrons. The van der Waals surface area contributed by atoms with Crippen molar-refractivity contribution in [2.45, 2.75) is 40.7 Å². The number of nitrogens with zero attached hydrogens (tertiary/aromatic N) is 1. The maximum Gasteiger partial charge on any atom is 0.337 e. The molecule has 0 heterocycles. The van der Waals surface area contributed by atoms with Crippen LogP contribution in [-0.2, 0) is 0 Å². The average Bonchev–Trinajstić information content (AvgIpc) is 2.25. The Hall–Kier alpha value is -1.51. The van der Waals surface area contributed by atoms with E-state index in [1.807, 2.05) is 20.0 Å². The van der Waals surface area contributed by atoms with Gasteiger partial charge in [-0.1, -0.05) is 32.9 Å². The van der Waals surface area contributed by atoms with Crippen LogP contribution in [0.1, 0.15) is 43.6 Å². The van der Waals surface area contributed by atoms with Crippen molar-refractivity contribution >= 4 is 11.7 Å². The van der Waals surface area contributed by atoms with Crippen LogP contribution in [0, 0.1) is 12.3 Å². The van der Waals surface area contributed by atoms with Gasteiger partial charge in [0.15, 0.2) is 0 Å². The molecule has 0 aliphatic carbocycles. The van der Waals surface area contributed by atoms with Crippen LogP contribution in [0.4, 0.5) is 5.69 Å². The number of benzene rings is 1. The van der Waals surface area contributed by atoms with Gasteiger partial charge in [0.1, 0.15) is 0 Å². The van der Waals surface area contributed by atoms with Gasteiger partial charge in [0.05, 0.1) is 11.3 Å². The Morgan fingerprint density at radius 1 is 1.33 bits per heavy atom. The van der Waals surface area contributed by atoms with Crippen LogP contribution in [-0.4, -0.2) is 24.2 Å². The molecular formula is C15H23NO2. The quantitative estimate of drug-likeness (QED) is 0.890. The van der Waals surface area contributed by atoms with Gasteiger partial charge in [-0.15, -0.1) is 0 Å². The Labute approximate surface area is 109 Å². The number of anilines is 1. The number of para-hydroxylation sites is 1. The molecule has 1 aromatic carbocycles. The molecule has 0 radical (unpaired) electrons. The van der Waals surface area contributed by atoms with Gasteiger partial charge in [-0.05, 0) is 30.9 Å². The molecule has 0 saturated carbocycles. The second-order valence-corrected chi connectivity index (χ2v) is 5.93. The summed E-state index contributed by atoms with van der Waals surface area (Å²) in [5.74, 6) is -0.873. The maximum absolute atomic E-state index is 11.3. The van der Waals surface area contributed by atoms with Crippen molar-refractivity contribution in [2.75, 3.05) is 11.9 Å². The minimum Gasteiger partial charge on any atom is -0.478 e. The van der Waals surface area contributed by atoms with E-state index in [0.29, 0.717) is 5.56 Å². The van der Waals surface area contributed by atoms with E-state index < -0.39 is 5.97 Å². The number of hydrogen-bond acceptors (Lipinski definition) is 2. The van der Waals surface area contributed by atoms with Gasteiger partial charge in [-0.2, -0.15) is 0 Å². The van der Waals surface area contributed by atoms with Crippen molar-refractivity contribution in [3.63, 3.8) is 0 Å². The van der Waals surface area contributed by atoms with Crippen molar-refractivity contribution in [1.82, 2.24) is 0 Å². The second kappa shape index (κ2) is 5.01. The number of carboxylic acids is 1. The summed E-state index contributed by atoms with van der Waals surface area (Å²) in [5.41, 5.74) is 2.27. The second-order valence-electron chi connectivity index (χ2n) is 5.93. The number of rotatable bonds is 3. The number of carboxylic acid groups (broad SMARTS) is 1. The predicted octanol–water partition coefficient (Wildman–Crippen LogP) is 3.56. The number of aromatic carboxylic acids is 1. The molecule has 0 bridgehead atoms. The molecule has 3 heteroatoms. The molecule has 0 amide bonds. The largest absolute Gasteiger partial charge is 0.478 e. The number of carbonyl (C=O) groups is 1. The highest BCUT2D eigenvalue weighted by atomic mass is 16.4. The average molecular weight is 249 g/mol. The molecule has 1 rings (SSSR count). The zero-order valence-electron chi connectivity index (χ0n) is 12.1. The Kier molecular flexibility index (Phi) is 4.05. The van der Waals surface area contributed by atoms with Crippen molar-refractivity contribution in [3.05, 3.63) is 29.3 Å². The van der Waals surface area contributed by atoms with Gasteiger partial charge in [0.2, 0.25) is 0 Å². The third-order valence-electron chi connectivity index (χ3n) is 3.66. The third kappa shape index (κ3) is 2.84. The molecule has 0 spiro atoms.